The number of nitrogens with one attached hydrogen (secondary N) is 3. The van der Waals surface area contributed by atoms with E-state index >= 15 is 0 Å². The number of nitrogens with two attached hydrogens (primary N) is 1. The molecule has 0 radical (unpaired) electrons. The summed E-state index contributed by atoms with van der Waals surface area (Å²) in [7, 11) is 0. The molecular formula is C31H30N8OS. The number of anilines is 1. The monoisotopic (exact) mass is 562 g/mol. The second kappa shape index (κ2) is 10.4. The lowest BCUT2D eigenvalue weighted by molar-refractivity contribution is -0.120. The molecule has 10 heteroatoms. The van der Waals surface area contributed by atoms with Crippen LogP contribution in [0.5, 0.6) is 0 Å². The number of allylic oxidation sites excluding steroid dienone is 3. The molecule has 5 N–H and O–H groups in total. The number of H-pyrrole nitrogens is 2. The van der Waals surface area contributed by atoms with Gasteiger partial charge in [-0.25, -0.2) is 4.98 Å². The fourth-order valence-electron chi connectivity index (χ4n) is 5.70. The number of thiophene rings is 1. The molecule has 0 atom stereocenters. The highest BCUT2D eigenvalue weighted by Crippen LogP contribution is 2.36. The molecule has 5 aromatic rings. The van der Waals surface area contributed by atoms with Crippen molar-refractivity contribution in [3.05, 3.63) is 81.8 Å². The van der Waals surface area contributed by atoms with Crippen LogP contribution in [0.25, 0.3) is 39.3 Å². The summed E-state index contributed by atoms with van der Waals surface area (Å²) in [6, 6.07) is 8.15. The van der Waals surface area contributed by atoms with E-state index in [1.54, 1.807) is 29.9 Å². The highest BCUT2D eigenvalue weighted by Gasteiger charge is 2.23. The number of aromatic nitrogens is 6. The predicted octanol–water partition coefficient (Wildman–Crippen LogP) is 6.13. The number of imidazole rings is 1. The molecule has 206 valence electrons. The Balaban J connectivity index is 1.22. The summed E-state index contributed by atoms with van der Waals surface area (Å²) in [6.45, 7) is 2.10. The van der Waals surface area contributed by atoms with E-state index in [9.17, 15) is 4.79 Å². The Morgan fingerprint density at radius 1 is 1.07 bits per heavy atom. The van der Waals surface area contributed by atoms with Crippen LogP contribution in [0, 0.1) is 12.8 Å². The average Bonchev–Trinajstić information content (AvgIpc) is 3.70. The van der Waals surface area contributed by atoms with Gasteiger partial charge >= 0.3 is 0 Å². The maximum Gasteiger partial charge on any atom is 0.227 e. The largest absolute Gasteiger partial charge is 0.402 e. The van der Waals surface area contributed by atoms with Crippen molar-refractivity contribution in [3.63, 3.8) is 0 Å². The molecule has 0 unspecified atom stereocenters. The van der Waals surface area contributed by atoms with Gasteiger partial charge in [0.25, 0.3) is 0 Å². The van der Waals surface area contributed by atoms with E-state index < -0.39 is 0 Å². The fraction of sp³-hybridized carbons (Fsp3) is 0.258. The number of nitrogens with zero attached hydrogens (tertiary/aromatic N) is 4. The maximum absolute atomic E-state index is 12.8. The molecule has 0 aliphatic heterocycles. The van der Waals surface area contributed by atoms with Crippen LogP contribution < -0.4 is 11.1 Å². The van der Waals surface area contributed by atoms with Crippen molar-refractivity contribution in [3.8, 4) is 22.8 Å². The summed E-state index contributed by atoms with van der Waals surface area (Å²) < 4.78 is 0. The van der Waals surface area contributed by atoms with E-state index in [2.05, 4.69) is 55.6 Å². The van der Waals surface area contributed by atoms with Crippen LogP contribution in [0.4, 0.5) is 5.69 Å². The molecular weight excluding hydrogens is 532 g/mol. The highest BCUT2D eigenvalue weighted by molar-refractivity contribution is 7.13. The molecule has 0 spiro atoms. The fourth-order valence-corrected chi connectivity index (χ4v) is 6.59. The highest BCUT2D eigenvalue weighted by atomic mass is 32.1. The first-order chi connectivity index (χ1) is 20.0. The van der Waals surface area contributed by atoms with E-state index in [0.29, 0.717) is 23.6 Å². The Bertz CT molecular complexity index is 1840. The van der Waals surface area contributed by atoms with Crippen molar-refractivity contribution in [2.24, 2.45) is 11.7 Å². The number of hydrogen-bond acceptors (Lipinski definition) is 7. The zero-order valence-corrected chi connectivity index (χ0v) is 23.5. The standard InChI is InChI=1S/C31H30N8OS/c1-17-7-10-27(41-17)22-9-8-20(32)12-25-28(22)37-30(36-25)29-23-13-24(34-16-26(23)38-39-29)19-11-21(15-33-14-19)35-31(40)18-5-3-2-4-6-18/h7-11,13-16,18H,2-6,12,32H2,1H3,(H,35,40)(H,36,37)(H,38,39). The molecule has 1 saturated carbocycles. The van der Waals surface area contributed by atoms with E-state index in [1.165, 1.54) is 11.3 Å². The van der Waals surface area contributed by atoms with Gasteiger partial charge in [-0.1, -0.05) is 19.3 Å². The van der Waals surface area contributed by atoms with Gasteiger partial charge in [0.05, 0.1) is 35.0 Å². The van der Waals surface area contributed by atoms with Gasteiger partial charge in [-0.15, -0.1) is 11.3 Å². The van der Waals surface area contributed by atoms with Crippen LogP contribution in [0.1, 0.15) is 53.2 Å². The third kappa shape index (κ3) is 4.95. The molecule has 1 fully saturated rings. The summed E-state index contributed by atoms with van der Waals surface area (Å²) in [6.07, 6.45) is 15.1. The minimum absolute atomic E-state index is 0.0726. The van der Waals surface area contributed by atoms with Crippen molar-refractivity contribution in [1.82, 2.24) is 30.1 Å². The van der Waals surface area contributed by atoms with E-state index in [1.807, 2.05) is 18.2 Å². The number of fused-ring (bicyclic) bond motifs is 2. The van der Waals surface area contributed by atoms with Gasteiger partial charge in [-0.3, -0.25) is 19.9 Å². The van der Waals surface area contributed by atoms with E-state index in [4.69, 9.17) is 10.7 Å². The van der Waals surface area contributed by atoms with Crippen molar-refractivity contribution in [2.75, 3.05) is 5.32 Å². The molecule has 2 aliphatic carbocycles. The lowest BCUT2D eigenvalue weighted by Gasteiger charge is -2.20. The normalized spacial score (nSPS) is 15.7. The quantitative estimate of drug-likeness (QED) is 0.203. The molecule has 9 nitrogen and oxygen atoms in total. The lowest BCUT2D eigenvalue weighted by atomic mass is 9.88. The number of hydrogen-bond donors (Lipinski definition) is 4. The topological polar surface area (TPSA) is 138 Å². The second-order valence-electron chi connectivity index (χ2n) is 10.8. The van der Waals surface area contributed by atoms with Gasteiger partial charge in [0.2, 0.25) is 5.91 Å². The van der Waals surface area contributed by atoms with E-state index in [-0.39, 0.29) is 11.8 Å². The Kier molecular flexibility index (Phi) is 6.47. The van der Waals surface area contributed by atoms with Crippen LogP contribution >= 0.6 is 11.3 Å². The van der Waals surface area contributed by atoms with Crippen LogP contribution in [-0.4, -0.2) is 36.0 Å². The van der Waals surface area contributed by atoms with Gasteiger partial charge in [-0.05, 0) is 56.2 Å². The first-order valence-corrected chi connectivity index (χ1v) is 14.8. The summed E-state index contributed by atoms with van der Waals surface area (Å²) in [5.74, 6) is 0.811. The zero-order valence-electron chi connectivity index (χ0n) is 22.7. The number of aromatic amines is 2. The number of amides is 1. The predicted molar refractivity (Wildman–Crippen MR) is 162 cm³/mol. The summed E-state index contributed by atoms with van der Waals surface area (Å²) in [4.78, 5) is 32.8. The molecule has 41 heavy (non-hydrogen) atoms. The number of pyridine rings is 2. The summed E-state index contributed by atoms with van der Waals surface area (Å²) in [5, 5.41) is 11.6. The van der Waals surface area contributed by atoms with Crippen molar-refractivity contribution >= 4 is 39.4 Å². The van der Waals surface area contributed by atoms with Gasteiger partial charge in [0, 0.05) is 56.2 Å². The van der Waals surface area contributed by atoms with Gasteiger partial charge in [0.1, 0.15) is 5.69 Å². The number of aryl methyl sites for hydroxylation is 1. The first kappa shape index (κ1) is 25.4. The Morgan fingerprint density at radius 3 is 2.78 bits per heavy atom. The van der Waals surface area contributed by atoms with Crippen LogP contribution in [-0.2, 0) is 11.2 Å². The smallest absolute Gasteiger partial charge is 0.227 e. The van der Waals surface area contributed by atoms with Gasteiger partial charge < -0.3 is 16.0 Å². The zero-order chi connectivity index (χ0) is 27.9. The molecule has 0 bridgehead atoms. The number of carbonyl (C=O) groups excluding carboxylic acids is 1. The first-order valence-electron chi connectivity index (χ1n) is 13.9. The average molecular weight is 563 g/mol. The molecule has 5 heterocycles. The molecule has 7 rings (SSSR count). The van der Waals surface area contributed by atoms with Crippen LogP contribution in [0.15, 0.2) is 60.7 Å². The molecule has 1 amide bonds. The van der Waals surface area contributed by atoms with Gasteiger partial charge in [0.15, 0.2) is 5.82 Å². The van der Waals surface area contributed by atoms with Crippen molar-refractivity contribution in [2.45, 2.75) is 45.4 Å². The van der Waals surface area contributed by atoms with Crippen molar-refractivity contribution in [1.29, 1.82) is 0 Å². The number of rotatable bonds is 5. The molecule has 0 aromatic carbocycles. The van der Waals surface area contributed by atoms with Crippen LogP contribution in [0.3, 0.4) is 0 Å². The van der Waals surface area contributed by atoms with Crippen molar-refractivity contribution < 1.29 is 4.79 Å². The second-order valence-corrected chi connectivity index (χ2v) is 12.1. The maximum atomic E-state index is 12.8. The minimum Gasteiger partial charge on any atom is -0.402 e. The van der Waals surface area contributed by atoms with Gasteiger partial charge in [-0.2, -0.15) is 5.10 Å². The lowest BCUT2D eigenvalue weighted by Crippen LogP contribution is -2.24. The Morgan fingerprint density at radius 2 is 1.95 bits per heavy atom. The third-order valence-corrected chi connectivity index (χ3v) is 8.87. The molecule has 5 aromatic heterocycles. The Hall–Kier alpha value is -4.57. The van der Waals surface area contributed by atoms with E-state index in [0.717, 1.165) is 75.4 Å². The number of carbonyl (C=O) groups is 1. The SMILES string of the molecule is Cc1ccc(C2=CC=C(N)Cc3[nH]c(-c4n[nH]c5cnc(-c6cncc(NC(=O)C7CCCCC7)c6)cc45)nc32)s1. The van der Waals surface area contributed by atoms with Crippen LogP contribution in [0.2, 0.25) is 0 Å². The summed E-state index contributed by atoms with van der Waals surface area (Å²) >= 11 is 1.74. The third-order valence-electron chi connectivity index (χ3n) is 7.83. The summed E-state index contributed by atoms with van der Waals surface area (Å²) in [5.41, 5.74) is 13.7. The molecule has 0 saturated heterocycles. The minimum atomic E-state index is 0.0726. The molecule has 2 aliphatic rings. The Labute approximate surface area is 241 Å².